The highest BCUT2D eigenvalue weighted by Crippen LogP contribution is 2.34. The van der Waals surface area contributed by atoms with Gasteiger partial charge in [0.25, 0.3) is 0 Å². The average molecular weight is 405 g/mol. The van der Waals surface area contributed by atoms with Gasteiger partial charge in [-0.15, -0.1) is 10.2 Å². The SMILES string of the molecule is OC1(c2ccc3ccccc3c2)CCN(CCCc2nnc3n2CCCCC3)CC1. The monoisotopic (exact) mass is 404 g/mol. The quantitative estimate of drug-likeness (QED) is 0.696. The van der Waals surface area contributed by atoms with E-state index in [1.807, 2.05) is 0 Å². The molecule has 3 heterocycles. The van der Waals surface area contributed by atoms with Crippen molar-refractivity contribution in [2.45, 2.75) is 63.5 Å². The number of aryl methyl sites for hydroxylation is 2. The van der Waals surface area contributed by atoms with Gasteiger partial charge in [0, 0.05) is 32.5 Å². The second-order valence-electron chi connectivity index (χ2n) is 9.03. The average Bonchev–Trinajstić information content (AvgIpc) is 3.01. The van der Waals surface area contributed by atoms with E-state index in [1.165, 1.54) is 35.9 Å². The Morgan fingerprint density at radius 3 is 2.60 bits per heavy atom. The molecule has 0 radical (unpaired) electrons. The van der Waals surface area contributed by atoms with E-state index >= 15 is 0 Å². The molecule has 1 N–H and O–H groups in total. The molecule has 5 heteroatoms. The molecule has 1 saturated heterocycles. The molecule has 5 nitrogen and oxygen atoms in total. The van der Waals surface area contributed by atoms with E-state index < -0.39 is 5.60 Å². The zero-order chi connectivity index (χ0) is 20.4. The molecule has 158 valence electrons. The maximum Gasteiger partial charge on any atom is 0.133 e. The number of nitrogens with zero attached hydrogens (tertiary/aromatic N) is 4. The van der Waals surface area contributed by atoms with Gasteiger partial charge in [-0.05, 0) is 61.1 Å². The fraction of sp³-hybridized carbons (Fsp3) is 0.520. The van der Waals surface area contributed by atoms with Gasteiger partial charge in [-0.3, -0.25) is 0 Å². The van der Waals surface area contributed by atoms with E-state index in [4.69, 9.17) is 0 Å². The van der Waals surface area contributed by atoms with Gasteiger partial charge in [-0.2, -0.15) is 0 Å². The summed E-state index contributed by atoms with van der Waals surface area (Å²) in [6, 6.07) is 14.8. The van der Waals surface area contributed by atoms with Gasteiger partial charge in [-0.25, -0.2) is 0 Å². The van der Waals surface area contributed by atoms with Crippen LogP contribution in [-0.4, -0.2) is 44.4 Å². The van der Waals surface area contributed by atoms with E-state index in [0.717, 1.165) is 69.7 Å². The topological polar surface area (TPSA) is 54.2 Å². The summed E-state index contributed by atoms with van der Waals surface area (Å²) in [6.07, 6.45) is 8.56. The van der Waals surface area contributed by atoms with Crippen molar-refractivity contribution in [2.75, 3.05) is 19.6 Å². The molecular weight excluding hydrogens is 372 g/mol. The summed E-state index contributed by atoms with van der Waals surface area (Å²) in [5, 5.41) is 22.6. The molecule has 30 heavy (non-hydrogen) atoms. The number of piperidine rings is 1. The van der Waals surface area contributed by atoms with Crippen molar-refractivity contribution in [1.29, 1.82) is 0 Å². The van der Waals surface area contributed by atoms with Crippen LogP contribution >= 0.6 is 0 Å². The summed E-state index contributed by atoms with van der Waals surface area (Å²) in [6.45, 7) is 4.04. The minimum atomic E-state index is -0.704. The van der Waals surface area contributed by atoms with Gasteiger partial charge < -0.3 is 14.6 Å². The lowest BCUT2D eigenvalue weighted by Gasteiger charge is -2.38. The van der Waals surface area contributed by atoms with Crippen molar-refractivity contribution in [3.8, 4) is 0 Å². The predicted octanol–water partition coefficient (Wildman–Crippen LogP) is 4.07. The first-order valence-electron chi connectivity index (χ1n) is 11.6. The van der Waals surface area contributed by atoms with Crippen LogP contribution in [0.3, 0.4) is 0 Å². The highest BCUT2D eigenvalue weighted by Gasteiger charge is 2.33. The van der Waals surface area contributed by atoms with Crippen LogP contribution in [0, 0.1) is 0 Å². The fourth-order valence-electron chi connectivity index (χ4n) is 5.10. The van der Waals surface area contributed by atoms with Crippen molar-refractivity contribution < 1.29 is 5.11 Å². The number of hydrogen-bond donors (Lipinski definition) is 1. The number of rotatable bonds is 5. The fourth-order valence-corrected chi connectivity index (χ4v) is 5.10. The Balaban J connectivity index is 1.16. The number of hydrogen-bond acceptors (Lipinski definition) is 4. The van der Waals surface area contributed by atoms with E-state index in [-0.39, 0.29) is 0 Å². The standard InChI is InChI=1S/C25H32N4O/c30-25(22-12-11-20-7-3-4-8-21(20)19-22)13-17-28(18-14-25)15-6-10-24-27-26-23-9-2-1-5-16-29(23)24/h3-4,7-8,11-12,19,30H,1-2,5-6,9-10,13-18H2. The lowest BCUT2D eigenvalue weighted by atomic mass is 9.83. The Labute approximate surface area is 178 Å². The number of aliphatic hydroxyl groups is 1. The minimum absolute atomic E-state index is 0.704. The van der Waals surface area contributed by atoms with Crippen molar-refractivity contribution in [3.05, 3.63) is 59.7 Å². The third-order valence-electron chi connectivity index (χ3n) is 7.03. The normalized spacial score (nSPS) is 19.5. The molecule has 0 bridgehead atoms. The largest absolute Gasteiger partial charge is 0.385 e. The Bertz CT molecular complexity index is 1000. The molecule has 5 rings (SSSR count). The van der Waals surface area contributed by atoms with Crippen LogP contribution in [0.4, 0.5) is 0 Å². The Hall–Kier alpha value is -2.24. The summed E-state index contributed by atoms with van der Waals surface area (Å²) in [5.41, 5.74) is 0.359. The zero-order valence-electron chi connectivity index (χ0n) is 17.8. The van der Waals surface area contributed by atoms with Crippen molar-refractivity contribution in [2.24, 2.45) is 0 Å². The summed E-state index contributed by atoms with van der Waals surface area (Å²) in [7, 11) is 0. The lowest BCUT2D eigenvalue weighted by molar-refractivity contribution is -0.0259. The van der Waals surface area contributed by atoms with Crippen LogP contribution in [-0.2, 0) is 25.0 Å². The molecule has 2 aromatic carbocycles. The van der Waals surface area contributed by atoms with Crippen LogP contribution in [0.5, 0.6) is 0 Å². The molecule has 0 unspecified atom stereocenters. The molecule has 0 saturated carbocycles. The van der Waals surface area contributed by atoms with Crippen molar-refractivity contribution in [3.63, 3.8) is 0 Å². The molecule has 1 fully saturated rings. The first-order chi connectivity index (χ1) is 14.7. The van der Waals surface area contributed by atoms with E-state index in [9.17, 15) is 5.11 Å². The van der Waals surface area contributed by atoms with Gasteiger partial charge in [0.05, 0.1) is 5.60 Å². The molecule has 3 aromatic rings. The van der Waals surface area contributed by atoms with E-state index in [1.54, 1.807) is 0 Å². The summed E-state index contributed by atoms with van der Waals surface area (Å²) < 4.78 is 2.36. The van der Waals surface area contributed by atoms with Crippen LogP contribution in [0.2, 0.25) is 0 Å². The Morgan fingerprint density at radius 1 is 0.900 bits per heavy atom. The number of likely N-dealkylation sites (tertiary alicyclic amines) is 1. The molecule has 0 spiro atoms. The van der Waals surface area contributed by atoms with Crippen LogP contribution < -0.4 is 0 Å². The minimum Gasteiger partial charge on any atom is -0.385 e. The van der Waals surface area contributed by atoms with Gasteiger partial charge in [0.15, 0.2) is 0 Å². The maximum absolute atomic E-state index is 11.3. The van der Waals surface area contributed by atoms with Crippen LogP contribution in [0.25, 0.3) is 10.8 Å². The number of benzene rings is 2. The number of aromatic nitrogens is 3. The summed E-state index contributed by atoms with van der Waals surface area (Å²) >= 11 is 0. The van der Waals surface area contributed by atoms with Gasteiger partial charge in [-0.1, -0.05) is 42.8 Å². The molecular formula is C25H32N4O. The second-order valence-corrected chi connectivity index (χ2v) is 9.03. The van der Waals surface area contributed by atoms with E-state index in [2.05, 4.69) is 62.1 Å². The zero-order valence-corrected chi connectivity index (χ0v) is 17.8. The third-order valence-corrected chi connectivity index (χ3v) is 7.03. The van der Waals surface area contributed by atoms with Gasteiger partial charge in [0.1, 0.15) is 11.6 Å². The third kappa shape index (κ3) is 4.01. The molecule has 2 aliphatic rings. The molecule has 0 amide bonds. The molecule has 2 aliphatic heterocycles. The molecule has 0 aliphatic carbocycles. The predicted molar refractivity (Wildman–Crippen MR) is 119 cm³/mol. The molecule has 0 atom stereocenters. The first kappa shape index (κ1) is 19.7. The van der Waals surface area contributed by atoms with Crippen molar-refractivity contribution in [1.82, 2.24) is 19.7 Å². The molecule has 1 aromatic heterocycles. The lowest BCUT2D eigenvalue weighted by Crippen LogP contribution is -2.43. The Kier molecular flexibility index (Phi) is 5.57. The maximum atomic E-state index is 11.3. The number of fused-ring (bicyclic) bond motifs is 2. The highest BCUT2D eigenvalue weighted by molar-refractivity contribution is 5.83. The van der Waals surface area contributed by atoms with Crippen LogP contribution in [0.1, 0.15) is 55.7 Å². The second kappa shape index (κ2) is 8.48. The smallest absolute Gasteiger partial charge is 0.133 e. The first-order valence-corrected chi connectivity index (χ1v) is 11.6. The summed E-state index contributed by atoms with van der Waals surface area (Å²) in [4.78, 5) is 2.50. The highest BCUT2D eigenvalue weighted by atomic mass is 16.3. The Morgan fingerprint density at radius 2 is 1.73 bits per heavy atom. The van der Waals surface area contributed by atoms with Gasteiger partial charge in [0.2, 0.25) is 0 Å². The van der Waals surface area contributed by atoms with Crippen molar-refractivity contribution >= 4 is 10.8 Å². The van der Waals surface area contributed by atoms with E-state index in [0.29, 0.717) is 0 Å². The summed E-state index contributed by atoms with van der Waals surface area (Å²) in [5.74, 6) is 2.34. The van der Waals surface area contributed by atoms with Crippen LogP contribution in [0.15, 0.2) is 42.5 Å². The van der Waals surface area contributed by atoms with Gasteiger partial charge >= 0.3 is 0 Å².